The SMILES string of the molecule is C/C(=C/c1cc(O)cc(O)c1)C(=O)O. The molecule has 0 aliphatic carbocycles. The van der Waals surface area contributed by atoms with E-state index < -0.39 is 5.97 Å². The zero-order valence-electron chi connectivity index (χ0n) is 7.56. The Morgan fingerprint density at radius 2 is 1.71 bits per heavy atom. The van der Waals surface area contributed by atoms with Crippen LogP contribution >= 0.6 is 0 Å². The quantitative estimate of drug-likeness (QED) is 0.624. The Balaban J connectivity index is 3.08. The first-order valence-electron chi connectivity index (χ1n) is 3.93. The molecule has 0 aliphatic heterocycles. The summed E-state index contributed by atoms with van der Waals surface area (Å²) in [5, 5.41) is 26.8. The zero-order chi connectivity index (χ0) is 10.7. The lowest BCUT2D eigenvalue weighted by atomic mass is 10.1. The number of rotatable bonds is 2. The van der Waals surface area contributed by atoms with Crippen molar-refractivity contribution in [3.8, 4) is 11.5 Å². The number of carboxylic acids is 1. The Bertz CT molecular complexity index is 373. The molecule has 0 atom stereocenters. The monoisotopic (exact) mass is 194 g/mol. The molecule has 4 heteroatoms. The van der Waals surface area contributed by atoms with Crippen LogP contribution in [-0.2, 0) is 4.79 Å². The Hall–Kier alpha value is -1.97. The van der Waals surface area contributed by atoms with Gasteiger partial charge in [-0.15, -0.1) is 0 Å². The fourth-order valence-corrected chi connectivity index (χ4v) is 1.01. The van der Waals surface area contributed by atoms with E-state index in [4.69, 9.17) is 15.3 Å². The molecule has 0 spiro atoms. The largest absolute Gasteiger partial charge is 0.508 e. The third-order valence-corrected chi connectivity index (χ3v) is 1.65. The molecule has 74 valence electrons. The van der Waals surface area contributed by atoms with Crippen LogP contribution in [0.1, 0.15) is 12.5 Å². The Morgan fingerprint density at radius 1 is 1.21 bits per heavy atom. The number of aromatic hydroxyl groups is 2. The number of phenolic OH excluding ortho intramolecular Hbond substituents is 2. The van der Waals surface area contributed by atoms with Crippen LogP contribution in [0.4, 0.5) is 0 Å². The van der Waals surface area contributed by atoms with Crippen LogP contribution in [0.15, 0.2) is 23.8 Å². The molecular formula is C10H10O4. The lowest BCUT2D eigenvalue weighted by Crippen LogP contribution is -1.95. The normalized spacial score (nSPS) is 11.4. The predicted octanol–water partition coefficient (Wildman–Crippen LogP) is 1.59. The second-order valence-electron chi connectivity index (χ2n) is 2.92. The fourth-order valence-electron chi connectivity index (χ4n) is 1.01. The van der Waals surface area contributed by atoms with Gasteiger partial charge in [-0.2, -0.15) is 0 Å². The number of hydrogen-bond acceptors (Lipinski definition) is 3. The van der Waals surface area contributed by atoms with Gasteiger partial charge >= 0.3 is 5.97 Å². The van der Waals surface area contributed by atoms with Crippen molar-refractivity contribution in [2.45, 2.75) is 6.92 Å². The first-order chi connectivity index (χ1) is 6.49. The Morgan fingerprint density at radius 3 is 2.14 bits per heavy atom. The topological polar surface area (TPSA) is 77.8 Å². The summed E-state index contributed by atoms with van der Waals surface area (Å²) in [5.41, 5.74) is 0.581. The summed E-state index contributed by atoms with van der Waals surface area (Å²) in [6, 6.07) is 3.91. The minimum Gasteiger partial charge on any atom is -0.508 e. The van der Waals surface area contributed by atoms with Gasteiger partial charge in [-0.05, 0) is 30.7 Å². The van der Waals surface area contributed by atoms with Crippen LogP contribution in [-0.4, -0.2) is 21.3 Å². The Kier molecular flexibility index (Phi) is 2.76. The fraction of sp³-hybridized carbons (Fsp3) is 0.100. The molecule has 14 heavy (non-hydrogen) atoms. The van der Waals surface area contributed by atoms with E-state index in [0.29, 0.717) is 5.56 Å². The maximum Gasteiger partial charge on any atom is 0.331 e. The summed E-state index contributed by atoms with van der Waals surface area (Å²) in [4.78, 5) is 10.5. The van der Waals surface area contributed by atoms with Crippen LogP contribution in [0.25, 0.3) is 6.08 Å². The van der Waals surface area contributed by atoms with Crippen molar-refractivity contribution in [2.75, 3.05) is 0 Å². The maximum atomic E-state index is 10.5. The summed E-state index contributed by atoms with van der Waals surface area (Å²) in [6.07, 6.45) is 1.36. The molecule has 0 radical (unpaired) electrons. The van der Waals surface area contributed by atoms with Crippen molar-refractivity contribution in [1.29, 1.82) is 0 Å². The van der Waals surface area contributed by atoms with E-state index in [2.05, 4.69) is 0 Å². The Labute approximate surface area is 80.7 Å². The van der Waals surface area contributed by atoms with Gasteiger partial charge in [0.25, 0.3) is 0 Å². The molecular weight excluding hydrogens is 184 g/mol. The highest BCUT2D eigenvalue weighted by molar-refractivity contribution is 5.91. The van der Waals surface area contributed by atoms with E-state index >= 15 is 0 Å². The average molecular weight is 194 g/mol. The van der Waals surface area contributed by atoms with Crippen LogP contribution in [0.5, 0.6) is 11.5 Å². The van der Waals surface area contributed by atoms with Crippen molar-refractivity contribution >= 4 is 12.0 Å². The van der Waals surface area contributed by atoms with Crippen LogP contribution in [0.3, 0.4) is 0 Å². The summed E-state index contributed by atoms with van der Waals surface area (Å²) in [5.74, 6) is -1.24. The van der Waals surface area contributed by atoms with Crippen molar-refractivity contribution in [3.05, 3.63) is 29.3 Å². The van der Waals surface area contributed by atoms with Crippen molar-refractivity contribution in [3.63, 3.8) is 0 Å². The molecule has 0 heterocycles. The minimum absolute atomic E-state index is 0.102. The van der Waals surface area contributed by atoms with Gasteiger partial charge in [0.2, 0.25) is 0 Å². The molecule has 1 aromatic carbocycles. The second-order valence-corrected chi connectivity index (χ2v) is 2.92. The van der Waals surface area contributed by atoms with E-state index in [1.165, 1.54) is 31.2 Å². The van der Waals surface area contributed by atoms with Gasteiger partial charge in [-0.3, -0.25) is 0 Å². The number of hydrogen-bond donors (Lipinski definition) is 3. The minimum atomic E-state index is -1.03. The van der Waals surface area contributed by atoms with Crippen LogP contribution < -0.4 is 0 Å². The highest BCUT2D eigenvalue weighted by Crippen LogP contribution is 2.21. The van der Waals surface area contributed by atoms with E-state index in [-0.39, 0.29) is 17.1 Å². The first-order valence-corrected chi connectivity index (χ1v) is 3.93. The van der Waals surface area contributed by atoms with E-state index in [1.807, 2.05) is 0 Å². The second kappa shape index (κ2) is 3.83. The molecule has 0 aromatic heterocycles. The summed E-state index contributed by atoms with van der Waals surface area (Å²) < 4.78 is 0. The first kappa shape index (κ1) is 10.1. The molecule has 1 rings (SSSR count). The lowest BCUT2D eigenvalue weighted by Gasteiger charge is -1.99. The van der Waals surface area contributed by atoms with Crippen molar-refractivity contribution in [2.24, 2.45) is 0 Å². The number of aliphatic carboxylic acids is 1. The average Bonchev–Trinajstić information content (AvgIpc) is 2.01. The van der Waals surface area contributed by atoms with Crippen molar-refractivity contribution < 1.29 is 20.1 Å². The third kappa shape index (κ3) is 2.52. The molecule has 0 unspecified atom stereocenters. The van der Waals surface area contributed by atoms with Gasteiger partial charge in [0, 0.05) is 11.6 Å². The number of benzene rings is 1. The molecule has 4 nitrogen and oxygen atoms in total. The molecule has 0 bridgehead atoms. The lowest BCUT2D eigenvalue weighted by molar-refractivity contribution is -0.132. The zero-order valence-corrected chi connectivity index (χ0v) is 7.56. The van der Waals surface area contributed by atoms with E-state index in [0.717, 1.165) is 0 Å². The smallest absolute Gasteiger partial charge is 0.331 e. The third-order valence-electron chi connectivity index (χ3n) is 1.65. The van der Waals surface area contributed by atoms with Gasteiger partial charge in [0.15, 0.2) is 0 Å². The van der Waals surface area contributed by atoms with Gasteiger partial charge < -0.3 is 15.3 Å². The molecule has 0 saturated heterocycles. The number of phenols is 2. The summed E-state index contributed by atoms with van der Waals surface area (Å²) >= 11 is 0. The van der Waals surface area contributed by atoms with Crippen LogP contribution in [0.2, 0.25) is 0 Å². The van der Waals surface area contributed by atoms with E-state index in [9.17, 15) is 4.79 Å². The standard InChI is InChI=1S/C10H10O4/c1-6(10(13)14)2-7-3-8(11)5-9(12)4-7/h2-5,11-12H,1H3,(H,13,14)/b6-2-. The molecule has 3 N–H and O–H groups in total. The van der Waals surface area contributed by atoms with Gasteiger partial charge in [0.1, 0.15) is 11.5 Å². The van der Waals surface area contributed by atoms with E-state index in [1.54, 1.807) is 0 Å². The number of carboxylic acid groups (broad SMARTS) is 1. The van der Waals surface area contributed by atoms with Gasteiger partial charge in [0.05, 0.1) is 0 Å². The highest BCUT2D eigenvalue weighted by Gasteiger charge is 2.01. The molecule has 1 aromatic rings. The van der Waals surface area contributed by atoms with Gasteiger partial charge in [-0.1, -0.05) is 0 Å². The molecule has 0 amide bonds. The summed E-state index contributed by atoms with van der Waals surface area (Å²) in [7, 11) is 0. The molecule has 0 saturated carbocycles. The van der Waals surface area contributed by atoms with Crippen LogP contribution in [0, 0.1) is 0 Å². The molecule has 0 fully saturated rings. The van der Waals surface area contributed by atoms with Crippen molar-refractivity contribution in [1.82, 2.24) is 0 Å². The highest BCUT2D eigenvalue weighted by atomic mass is 16.4. The number of carbonyl (C=O) groups is 1. The summed E-state index contributed by atoms with van der Waals surface area (Å²) in [6.45, 7) is 1.43. The maximum absolute atomic E-state index is 10.5. The predicted molar refractivity (Wildman–Crippen MR) is 51.1 cm³/mol. The van der Waals surface area contributed by atoms with Gasteiger partial charge in [-0.25, -0.2) is 4.79 Å². The molecule has 0 aliphatic rings.